The van der Waals surface area contributed by atoms with E-state index in [1.807, 2.05) is 53.1 Å². The summed E-state index contributed by atoms with van der Waals surface area (Å²) in [4.78, 5) is 19.2. The van der Waals surface area contributed by atoms with Crippen molar-refractivity contribution in [2.24, 2.45) is 0 Å². The first kappa shape index (κ1) is 14.8. The smallest absolute Gasteiger partial charge is 0.282 e. The predicted molar refractivity (Wildman–Crippen MR) is 94.0 cm³/mol. The normalized spacial score (nSPS) is 19.0. The minimum absolute atomic E-state index is 0.0481. The molecule has 118 valence electrons. The summed E-state index contributed by atoms with van der Waals surface area (Å²) >= 11 is 3.34. The van der Waals surface area contributed by atoms with Gasteiger partial charge in [0.15, 0.2) is 5.01 Å². The van der Waals surface area contributed by atoms with Crippen LogP contribution in [0.1, 0.15) is 27.2 Å². The molecule has 1 aromatic carbocycles. The summed E-state index contributed by atoms with van der Waals surface area (Å²) in [5, 5.41) is 0.922. The molecule has 1 unspecified atom stereocenters. The summed E-state index contributed by atoms with van der Waals surface area (Å²) in [6.07, 6.45) is 2.62. The van der Waals surface area contributed by atoms with E-state index in [-0.39, 0.29) is 5.91 Å². The topological polar surface area (TPSA) is 46.3 Å². The number of carbonyl (C=O) groups is 1. The molecule has 4 nitrogen and oxygen atoms in total. The molecule has 1 amide bonds. The number of rotatable bonds is 2. The Morgan fingerprint density at radius 3 is 2.96 bits per heavy atom. The van der Waals surface area contributed by atoms with Gasteiger partial charge < -0.3 is 9.32 Å². The molecule has 0 N–H and O–H groups in total. The molecule has 0 spiro atoms. The Morgan fingerprint density at radius 2 is 2.13 bits per heavy atom. The quantitative estimate of drug-likeness (QED) is 0.699. The van der Waals surface area contributed by atoms with E-state index in [0.717, 1.165) is 41.2 Å². The molecule has 0 aliphatic carbocycles. The number of hydrogen-bond donors (Lipinski definition) is 0. The summed E-state index contributed by atoms with van der Waals surface area (Å²) in [5.41, 5.74) is 0.901. The van der Waals surface area contributed by atoms with Crippen LogP contribution < -0.4 is 0 Å². The lowest BCUT2D eigenvalue weighted by Gasteiger charge is -2.18. The van der Waals surface area contributed by atoms with Gasteiger partial charge in [0.2, 0.25) is 0 Å². The van der Waals surface area contributed by atoms with Crippen LogP contribution in [0.5, 0.6) is 0 Å². The first-order valence-corrected chi connectivity index (χ1v) is 9.47. The molecule has 1 aliphatic rings. The Hall–Kier alpha value is -1.79. The Labute approximate surface area is 142 Å². The maximum atomic E-state index is 12.8. The lowest BCUT2D eigenvalue weighted by molar-refractivity contribution is 0.0766. The van der Waals surface area contributed by atoms with Gasteiger partial charge in [-0.05, 0) is 30.7 Å². The Balaban J connectivity index is 1.50. The molecule has 3 aromatic rings. The van der Waals surface area contributed by atoms with Crippen LogP contribution in [0, 0.1) is 0 Å². The van der Waals surface area contributed by atoms with Crippen LogP contribution in [0.15, 0.2) is 47.1 Å². The van der Waals surface area contributed by atoms with Crippen LogP contribution >= 0.6 is 23.1 Å². The van der Waals surface area contributed by atoms with E-state index in [4.69, 9.17) is 4.42 Å². The molecule has 0 bridgehead atoms. The van der Waals surface area contributed by atoms with Crippen molar-refractivity contribution in [3.05, 3.63) is 53.4 Å². The second kappa shape index (κ2) is 6.37. The van der Waals surface area contributed by atoms with E-state index in [2.05, 4.69) is 4.98 Å². The number of para-hydroxylation sites is 1. The number of benzene rings is 1. The third kappa shape index (κ3) is 3.01. The number of thiazole rings is 1. The molecule has 2 aromatic heterocycles. The fourth-order valence-corrected chi connectivity index (χ4v) is 4.89. The van der Waals surface area contributed by atoms with Gasteiger partial charge in [-0.3, -0.25) is 4.79 Å². The molecule has 6 heteroatoms. The zero-order valence-electron chi connectivity index (χ0n) is 12.5. The first-order chi connectivity index (χ1) is 11.3. The maximum Gasteiger partial charge on any atom is 0.282 e. The highest BCUT2D eigenvalue weighted by atomic mass is 32.2. The molecule has 0 saturated carbocycles. The molecular weight excluding hydrogens is 328 g/mol. The fraction of sp³-hybridized carbons (Fsp3) is 0.294. The van der Waals surface area contributed by atoms with E-state index in [0.29, 0.717) is 10.3 Å². The first-order valence-electron chi connectivity index (χ1n) is 7.61. The minimum Gasteiger partial charge on any atom is -0.468 e. The molecule has 1 fully saturated rings. The van der Waals surface area contributed by atoms with Crippen molar-refractivity contribution in [2.75, 3.05) is 18.8 Å². The minimum atomic E-state index is 0.0481. The lowest BCUT2D eigenvalue weighted by Crippen LogP contribution is -2.32. The van der Waals surface area contributed by atoms with Crippen LogP contribution in [0.3, 0.4) is 0 Å². The number of hydrogen-bond acceptors (Lipinski definition) is 5. The standard InChI is InChI=1S/C17H16N2O2S2/c20-17(16-18-12-4-1-2-6-14(12)23-16)19-8-7-15(22-11-9-19)13-5-3-10-21-13/h1-6,10,15H,7-9,11H2. The number of amides is 1. The number of thioether (sulfide) groups is 1. The van der Waals surface area contributed by atoms with E-state index >= 15 is 0 Å². The predicted octanol–water partition coefficient (Wildman–Crippen LogP) is 4.21. The summed E-state index contributed by atoms with van der Waals surface area (Å²) in [6, 6.07) is 11.8. The van der Waals surface area contributed by atoms with Crippen molar-refractivity contribution >= 4 is 39.2 Å². The van der Waals surface area contributed by atoms with Crippen LogP contribution in [0.4, 0.5) is 0 Å². The van der Waals surface area contributed by atoms with Crippen molar-refractivity contribution < 1.29 is 9.21 Å². The van der Waals surface area contributed by atoms with Gasteiger partial charge in [-0.15, -0.1) is 23.1 Å². The molecule has 1 saturated heterocycles. The average molecular weight is 344 g/mol. The van der Waals surface area contributed by atoms with Crippen LogP contribution in [-0.4, -0.2) is 34.6 Å². The van der Waals surface area contributed by atoms with Crippen LogP contribution in [0.25, 0.3) is 10.2 Å². The third-order valence-corrected chi connectivity index (χ3v) is 6.28. The summed E-state index contributed by atoms with van der Waals surface area (Å²) in [7, 11) is 0. The van der Waals surface area contributed by atoms with Crippen molar-refractivity contribution in [1.82, 2.24) is 9.88 Å². The second-order valence-electron chi connectivity index (χ2n) is 5.44. The largest absolute Gasteiger partial charge is 0.468 e. The zero-order chi connectivity index (χ0) is 15.6. The number of fused-ring (bicyclic) bond motifs is 1. The van der Waals surface area contributed by atoms with Gasteiger partial charge in [0, 0.05) is 18.8 Å². The Kier molecular flexibility index (Phi) is 4.10. The highest BCUT2D eigenvalue weighted by Crippen LogP contribution is 2.35. The van der Waals surface area contributed by atoms with Crippen LogP contribution in [0.2, 0.25) is 0 Å². The molecule has 1 atom stereocenters. The van der Waals surface area contributed by atoms with Crippen LogP contribution in [-0.2, 0) is 0 Å². The van der Waals surface area contributed by atoms with Gasteiger partial charge in [-0.1, -0.05) is 12.1 Å². The molecule has 23 heavy (non-hydrogen) atoms. The van der Waals surface area contributed by atoms with E-state index in [9.17, 15) is 4.79 Å². The van der Waals surface area contributed by atoms with E-state index < -0.39 is 0 Å². The molecule has 0 radical (unpaired) electrons. The summed E-state index contributed by atoms with van der Waals surface area (Å²) in [5.74, 6) is 1.97. The average Bonchev–Trinajstić information content (AvgIpc) is 3.19. The fourth-order valence-electron chi connectivity index (χ4n) is 2.77. The van der Waals surface area contributed by atoms with Gasteiger partial charge in [-0.25, -0.2) is 4.98 Å². The molecule has 1 aliphatic heterocycles. The van der Waals surface area contributed by atoms with Crippen molar-refractivity contribution in [2.45, 2.75) is 11.7 Å². The van der Waals surface area contributed by atoms with Gasteiger partial charge in [0.1, 0.15) is 5.76 Å². The van der Waals surface area contributed by atoms with E-state index in [1.54, 1.807) is 6.26 Å². The second-order valence-corrected chi connectivity index (χ2v) is 7.78. The maximum absolute atomic E-state index is 12.8. The Morgan fingerprint density at radius 1 is 1.22 bits per heavy atom. The zero-order valence-corrected chi connectivity index (χ0v) is 14.1. The SMILES string of the molecule is O=C(c1nc2ccccc2s1)N1CCSC(c2ccco2)CC1. The van der Waals surface area contributed by atoms with Crippen molar-refractivity contribution in [3.63, 3.8) is 0 Å². The van der Waals surface area contributed by atoms with Gasteiger partial charge in [-0.2, -0.15) is 0 Å². The lowest BCUT2D eigenvalue weighted by atomic mass is 10.2. The van der Waals surface area contributed by atoms with E-state index in [1.165, 1.54) is 11.3 Å². The molecular formula is C17H16N2O2S2. The highest BCUT2D eigenvalue weighted by molar-refractivity contribution is 7.99. The number of furan rings is 1. The molecule has 4 rings (SSSR count). The van der Waals surface area contributed by atoms with Gasteiger partial charge in [0.25, 0.3) is 5.91 Å². The highest BCUT2D eigenvalue weighted by Gasteiger charge is 2.25. The number of aromatic nitrogens is 1. The summed E-state index contributed by atoms with van der Waals surface area (Å²) in [6.45, 7) is 1.50. The van der Waals surface area contributed by atoms with Crippen molar-refractivity contribution in [3.8, 4) is 0 Å². The monoisotopic (exact) mass is 344 g/mol. The summed E-state index contributed by atoms with van der Waals surface area (Å²) < 4.78 is 6.58. The Bertz CT molecular complexity index is 780. The van der Waals surface area contributed by atoms with Crippen molar-refractivity contribution in [1.29, 1.82) is 0 Å². The number of carbonyl (C=O) groups excluding carboxylic acids is 1. The third-order valence-electron chi connectivity index (χ3n) is 3.97. The number of nitrogens with zero attached hydrogens (tertiary/aromatic N) is 2. The molecule has 3 heterocycles. The van der Waals surface area contributed by atoms with Gasteiger partial charge in [0.05, 0.1) is 21.7 Å². The van der Waals surface area contributed by atoms with Gasteiger partial charge >= 0.3 is 0 Å².